The molecule has 4 heteroatoms. The number of aliphatic hydroxyl groups excluding tert-OH is 2. The molecule has 19 heavy (non-hydrogen) atoms. The van der Waals surface area contributed by atoms with Gasteiger partial charge in [-0.2, -0.15) is 0 Å². The van der Waals surface area contributed by atoms with Crippen molar-refractivity contribution in [3.05, 3.63) is 35.6 Å². The first-order valence-electron chi connectivity index (χ1n) is 6.80. The number of hydrogen-bond donors (Lipinski definition) is 2. The number of nitrogens with zero attached hydrogens (tertiary/aromatic N) is 1. The molecule has 0 aromatic heterocycles. The first kappa shape index (κ1) is 14.4. The Hall–Kier alpha value is -0.970. The molecule has 0 bridgehead atoms. The molecule has 1 aliphatic rings. The molecule has 1 aliphatic heterocycles. The number of aliphatic hydroxyl groups is 2. The summed E-state index contributed by atoms with van der Waals surface area (Å²) in [4.78, 5) is 2.11. The summed E-state index contributed by atoms with van der Waals surface area (Å²) >= 11 is 0. The molecule has 3 nitrogen and oxygen atoms in total. The smallest absolute Gasteiger partial charge is 0.129 e. The van der Waals surface area contributed by atoms with Crippen molar-refractivity contribution in [1.82, 2.24) is 4.90 Å². The van der Waals surface area contributed by atoms with Crippen molar-refractivity contribution in [1.29, 1.82) is 0 Å². The molecule has 0 radical (unpaired) electrons. The number of halogens is 1. The SMILES string of the molecule is C[C@@]1(CO)CCCN(C[C@H](O)c2ccccc2F)C1. The molecule has 1 saturated heterocycles. The minimum Gasteiger partial charge on any atom is -0.396 e. The van der Waals surface area contributed by atoms with Gasteiger partial charge in [0.05, 0.1) is 6.10 Å². The molecule has 0 amide bonds. The van der Waals surface area contributed by atoms with Crippen molar-refractivity contribution in [2.45, 2.75) is 25.9 Å². The number of rotatable bonds is 4. The van der Waals surface area contributed by atoms with E-state index in [4.69, 9.17) is 0 Å². The van der Waals surface area contributed by atoms with Crippen molar-refractivity contribution in [3.63, 3.8) is 0 Å². The molecule has 0 spiro atoms. The quantitative estimate of drug-likeness (QED) is 0.876. The minimum atomic E-state index is -0.817. The van der Waals surface area contributed by atoms with Crippen molar-refractivity contribution in [2.75, 3.05) is 26.2 Å². The topological polar surface area (TPSA) is 43.7 Å². The Morgan fingerprint density at radius 2 is 2.16 bits per heavy atom. The van der Waals surface area contributed by atoms with E-state index in [1.54, 1.807) is 18.2 Å². The second-order valence-corrected chi connectivity index (χ2v) is 5.84. The van der Waals surface area contributed by atoms with Crippen LogP contribution in [-0.4, -0.2) is 41.4 Å². The number of benzene rings is 1. The van der Waals surface area contributed by atoms with Crippen LogP contribution in [0.25, 0.3) is 0 Å². The van der Waals surface area contributed by atoms with Crippen LogP contribution in [0.4, 0.5) is 4.39 Å². The highest BCUT2D eigenvalue weighted by Gasteiger charge is 2.31. The Kier molecular flexibility index (Phi) is 4.55. The zero-order valence-electron chi connectivity index (χ0n) is 11.3. The highest BCUT2D eigenvalue weighted by molar-refractivity contribution is 5.20. The summed E-state index contributed by atoms with van der Waals surface area (Å²) in [5.41, 5.74) is 0.242. The third-order valence-corrected chi connectivity index (χ3v) is 3.94. The lowest BCUT2D eigenvalue weighted by atomic mass is 9.82. The molecule has 1 heterocycles. The summed E-state index contributed by atoms with van der Waals surface area (Å²) in [6.07, 6.45) is 1.18. The lowest BCUT2D eigenvalue weighted by molar-refractivity contribution is 0.0204. The fourth-order valence-electron chi connectivity index (χ4n) is 2.80. The largest absolute Gasteiger partial charge is 0.396 e. The van der Waals surface area contributed by atoms with Crippen molar-refractivity contribution < 1.29 is 14.6 Å². The van der Waals surface area contributed by atoms with E-state index >= 15 is 0 Å². The van der Waals surface area contributed by atoms with E-state index in [-0.39, 0.29) is 17.8 Å². The van der Waals surface area contributed by atoms with Gasteiger partial charge in [0.1, 0.15) is 5.82 Å². The molecule has 2 N–H and O–H groups in total. The van der Waals surface area contributed by atoms with E-state index < -0.39 is 6.10 Å². The van der Waals surface area contributed by atoms with Crippen LogP contribution < -0.4 is 0 Å². The van der Waals surface area contributed by atoms with E-state index in [0.29, 0.717) is 12.1 Å². The van der Waals surface area contributed by atoms with Gasteiger partial charge >= 0.3 is 0 Å². The number of β-amino-alcohol motifs (C(OH)–C–C–N with tert-alkyl or cyclic N) is 1. The Bertz CT molecular complexity index is 426. The van der Waals surface area contributed by atoms with Gasteiger partial charge in [-0.25, -0.2) is 4.39 Å². The second kappa shape index (κ2) is 5.99. The highest BCUT2D eigenvalue weighted by atomic mass is 19.1. The van der Waals surface area contributed by atoms with Crippen molar-refractivity contribution >= 4 is 0 Å². The lowest BCUT2D eigenvalue weighted by Gasteiger charge is -2.40. The van der Waals surface area contributed by atoms with Gasteiger partial charge in [-0.3, -0.25) is 4.90 Å². The highest BCUT2D eigenvalue weighted by Crippen LogP contribution is 2.30. The van der Waals surface area contributed by atoms with Crippen LogP contribution in [0.5, 0.6) is 0 Å². The van der Waals surface area contributed by atoms with Crippen LogP contribution in [0, 0.1) is 11.2 Å². The number of piperidine rings is 1. The van der Waals surface area contributed by atoms with Crippen molar-refractivity contribution in [2.24, 2.45) is 5.41 Å². The first-order valence-corrected chi connectivity index (χ1v) is 6.80. The summed E-state index contributed by atoms with van der Waals surface area (Å²) in [5.74, 6) is -0.364. The Balaban J connectivity index is 1.99. The normalized spacial score (nSPS) is 26.3. The van der Waals surface area contributed by atoms with Crippen LogP contribution in [-0.2, 0) is 0 Å². The van der Waals surface area contributed by atoms with E-state index in [9.17, 15) is 14.6 Å². The van der Waals surface area contributed by atoms with Gasteiger partial charge in [0.15, 0.2) is 0 Å². The number of likely N-dealkylation sites (tertiary alicyclic amines) is 1. The van der Waals surface area contributed by atoms with Gasteiger partial charge in [-0.15, -0.1) is 0 Å². The van der Waals surface area contributed by atoms with Crippen LogP contribution in [0.15, 0.2) is 24.3 Å². The van der Waals surface area contributed by atoms with E-state index in [1.807, 2.05) is 0 Å². The average Bonchev–Trinajstić information content (AvgIpc) is 2.39. The molecule has 1 aromatic carbocycles. The van der Waals surface area contributed by atoms with Gasteiger partial charge in [-0.05, 0) is 25.5 Å². The molecule has 0 saturated carbocycles. The predicted molar refractivity (Wildman–Crippen MR) is 72.2 cm³/mol. The summed E-state index contributed by atoms with van der Waals surface area (Å²) in [6, 6.07) is 6.34. The minimum absolute atomic E-state index is 0.104. The summed E-state index contributed by atoms with van der Waals surface area (Å²) in [5, 5.41) is 19.6. The van der Waals surface area contributed by atoms with Gasteiger partial charge < -0.3 is 10.2 Å². The summed E-state index contributed by atoms with van der Waals surface area (Å²) in [7, 11) is 0. The maximum Gasteiger partial charge on any atom is 0.129 e. The Morgan fingerprint density at radius 1 is 1.42 bits per heavy atom. The van der Waals surface area contributed by atoms with Gasteiger partial charge in [0.25, 0.3) is 0 Å². The average molecular weight is 267 g/mol. The van der Waals surface area contributed by atoms with Crippen LogP contribution >= 0.6 is 0 Å². The molecular weight excluding hydrogens is 245 g/mol. The van der Waals surface area contributed by atoms with Gasteiger partial charge in [0.2, 0.25) is 0 Å². The first-order chi connectivity index (χ1) is 9.04. The lowest BCUT2D eigenvalue weighted by Crippen LogP contribution is -2.45. The summed E-state index contributed by atoms with van der Waals surface area (Å²) in [6.45, 7) is 4.25. The molecule has 2 atom stereocenters. The Morgan fingerprint density at radius 3 is 2.84 bits per heavy atom. The molecular formula is C15H22FNO2. The maximum absolute atomic E-state index is 13.6. The fraction of sp³-hybridized carbons (Fsp3) is 0.600. The third-order valence-electron chi connectivity index (χ3n) is 3.94. The van der Waals surface area contributed by atoms with Gasteiger partial charge in [0, 0.05) is 30.7 Å². The van der Waals surface area contributed by atoms with Crippen LogP contribution in [0.2, 0.25) is 0 Å². The van der Waals surface area contributed by atoms with Gasteiger partial charge in [-0.1, -0.05) is 25.1 Å². The van der Waals surface area contributed by atoms with Crippen LogP contribution in [0.3, 0.4) is 0 Å². The molecule has 106 valence electrons. The second-order valence-electron chi connectivity index (χ2n) is 5.84. The fourth-order valence-corrected chi connectivity index (χ4v) is 2.80. The van der Waals surface area contributed by atoms with Crippen molar-refractivity contribution in [3.8, 4) is 0 Å². The molecule has 2 rings (SSSR count). The Labute approximate surface area is 113 Å². The third kappa shape index (κ3) is 3.53. The zero-order valence-corrected chi connectivity index (χ0v) is 11.3. The number of hydrogen-bond acceptors (Lipinski definition) is 3. The molecule has 1 aromatic rings. The standard InChI is InChI=1S/C15H22FNO2/c1-15(11-18)7-4-8-17(10-15)9-14(19)12-5-2-3-6-13(12)16/h2-3,5-6,14,18-19H,4,7-11H2,1H3/t14-,15+/m0/s1. The maximum atomic E-state index is 13.6. The monoisotopic (exact) mass is 267 g/mol. The molecule has 1 fully saturated rings. The van der Waals surface area contributed by atoms with E-state index in [2.05, 4.69) is 11.8 Å². The van der Waals surface area contributed by atoms with E-state index in [1.165, 1.54) is 6.07 Å². The molecule has 0 unspecified atom stereocenters. The zero-order chi connectivity index (χ0) is 13.9. The van der Waals surface area contributed by atoms with E-state index in [0.717, 1.165) is 25.9 Å². The molecule has 0 aliphatic carbocycles. The van der Waals surface area contributed by atoms with Crippen LogP contribution in [0.1, 0.15) is 31.4 Å². The summed E-state index contributed by atoms with van der Waals surface area (Å²) < 4.78 is 13.6. The predicted octanol–water partition coefficient (Wildman–Crippen LogP) is 1.95.